The van der Waals surface area contributed by atoms with Gasteiger partial charge in [-0.05, 0) is 24.6 Å². The molecule has 102 valence electrons. The summed E-state index contributed by atoms with van der Waals surface area (Å²) < 4.78 is 0. The number of carbonyl (C=O) groups excluding carboxylic acids is 1. The van der Waals surface area contributed by atoms with E-state index in [0.717, 1.165) is 38.2 Å². The van der Waals surface area contributed by atoms with Gasteiger partial charge >= 0.3 is 0 Å². The summed E-state index contributed by atoms with van der Waals surface area (Å²) in [5.74, 6) is 0.159. The topological polar surface area (TPSA) is 45.2 Å². The minimum Gasteiger partial charge on any atom is -0.388 e. The quantitative estimate of drug-likeness (QED) is 0.896. The first-order valence-electron chi connectivity index (χ1n) is 6.74. The van der Waals surface area contributed by atoms with Gasteiger partial charge in [-0.2, -0.15) is 0 Å². The van der Waals surface area contributed by atoms with E-state index in [9.17, 15) is 4.79 Å². The molecule has 0 atom stereocenters. The molecule has 0 saturated carbocycles. The Morgan fingerprint density at radius 2 is 2.32 bits per heavy atom. The van der Waals surface area contributed by atoms with Crippen molar-refractivity contribution in [1.82, 2.24) is 15.2 Å². The normalized spacial score (nSPS) is 15.6. The van der Waals surface area contributed by atoms with Crippen LogP contribution in [0.3, 0.4) is 0 Å². The molecule has 2 rings (SSSR count). The molecule has 1 aliphatic rings. The van der Waals surface area contributed by atoms with Gasteiger partial charge in [-0.15, -0.1) is 0 Å². The SMILES string of the molecule is CC(=O)N1CCC(NCCc2ccccn2)=C(C)C1. The van der Waals surface area contributed by atoms with Gasteiger partial charge < -0.3 is 10.2 Å². The summed E-state index contributed by atoms with van der Waals surface area (Å²) in [6, 6.07) is 5.99. The van der Waals surface area contributed by atoms with Gasteiger partial charge in [-0.25, -0.2) is 0 Å². The average Bonchev–Trinajstić information content (AvgIpc) is 2.41. The Kier molecular flexibility index (Phi) is 4.55. The van der Waals surface area contributed by atoms with E-state index in [1.54, 1.807) is 6.92 Å². The lowest BCUT2D eigenvalue weighted by Gasteiger charge is -2.29. The van der Waals surface area contributed by atoms with Gasteiger partial charge in [0.15, 0.2) is 0 Å². The van der Waals surface area contributed by atoms with Crippen LogP contribution in [0.4, 0.5) is 0 Å². The molecular weight excluding hydrogens is 238 g/mol. The van der Waals surface area contributed by atoms with Crippen LogP contribution >= 0.6 is 0 Å². The first kappa shape index (κ1) is 13.6. The first-order valence-corrected chi connectivity index (χ1v) is 6.74. The fourth-order valence-corrected chi connectivity index (χ4v) is 2.32. The molecule has 1 aromatic rings. The van der Waals surface area contributed by atoms with Crippen molar-refractivity contribution in [3.8, 4) is 0 Å². The largest absolute Gasteiger partial charge is 0.388 e. The molecule has 0 bridgehead atoms. The van der Waals surface area contributed by atoms with E-state index < -0.39 is 0 Å². The smallest absolute Gasteiger partial charge is 0.219 e. The Morgan fingerprint density at radius 1 is 1.47 bits per heavy atom. The maximum absolute atomic E-state index is 11.3. The van der Waals surface area contributed by atoms with E-state index in [2.05, 4.69) is 17.2 Å². The third-order valence-corrected chi connectivity index (χ3v) is 3.47. The highest BCUT2D eigenvalue weighted by Gasteiger charge is 2.17. The standard InChI is InChI=1S/C15H21N3O/c1-12-11-18(13(2)19)10-7-15(12)17-9-6-14-5-3-4-8-16-14/h3-5,8,17H,6-7,9-11H2,1-2H3. The minimum absolute atomic E-state index is 0.159. The number of nitrogens with zero attached hydrogens (tertiary/aromatic N) is 2. The van der Waals surface area contributed by atoms with Crippen LogP contribution in [0.1, 0.15) is 26.0 Å². The lowest BCUT2D eigenvalue weighted by Crippen LogP contribution is -2.37. The second-order valence-corrected chi connectivity index (χ2v) is 4.95. The van der Waals surface area contributed by atoms with Gasteiger partial charge in [-0.3, -0.25) is 9.78 Å². The molecule has 0 unspecified atom stereocenters. The van der Waals surface area contributed by atoms with E-state index in [-0.39, 0.29) is 5.91 Å². The third kappa shape index (κ3) is 3.81. The van der Waals surface area contributed by atoms with Crippen LogP contribution < -0.4 is 5.32 Å². The van der Waals surface area contributed by atoms with Crippen LogP contribution in [-0.4, -0.2) is 35.4 Å². The zero-order chi connectivity index (χ0) is 13.7. The second-order valence-electron chi connectivity index (χ2n) is 4.95. The number of carbonyl (C=O) groups is 1. The molecule has 1 aliphatic heterocycles. The maximum atomic E-state index is 11.3. The fraction of sp³-hybridized carbons (Fsp3) is 0.467. The van der Waals surface area contributed by atoms with Crippen molar-refractivity contribution in [2.24, 2.45) is 0 Å². The maximum Gasteiger partial charge on any atom is 0.219 e. The summed E-state index contributed by atoms with van der Waals surface area (Å²) in [6.07, 6.45) is 3.67. The summed E-state index contributed by atoms with van der Waals surface area (Å²) in [5, 5.41) is 3.48. The average molecular weight is 259 g/mol. The van der Waals surface area contributed by atoms with Gasteiger partial charge in [0.05, 0.1) is 0 Å². The van der Waals surface area contributed by atoms with Crippen molar-refractivity contribution >= 4 is 5.91 Å². The number of rotatable bonds is 4. The van der Waals surface area contributed by atoms with E-state index in [4.69, 9.17) is 0 Å². The van der Waals surface area contributed by atoms with Gasteiger partial charge in [-0.1, -0.05) is 6.07 Å². The highest BCUT2D eigenvalue weighted by molar-refractivity contribution is 5.73. The van der Waals surface area contributed by atoms with E-state index in [1.807, 2.05) is 29.3 Å². The van der Waals surface area contributed by atoms with Gasteiger partial charge in [0.25, 0.3) is 0 Å². The summed E-state index contributed by atoms with van der Waals surface area (Å²) in [6.45, 7) is 6.19. The molecule has 4 heteroatoms. The number of hydrogen-bond acceptors (Lipinski definition) is 3. The molecule has 0 aromatic carbocycles. The number of amides is 1. The van der Waals surface area contributed by atoms with Gasteiger partial charge in [0, 0.05) is 57.0 Å². The van der Waals surface area contributed by atoms with Crippen molar-refractivity contribution in [2.75, 3.05) is 19.6 Å². The predicted molar refractivity (Wildman–Crippen MR) is 75.5 cm³/mol. The van der Waals surface area contributed by atoms with Crippen molar-refractivity contribution < 1.29 is 4.79 Å². The molecule has 0 saturated heterocycles. The zero-order valence-corrected chi connectivity index (χ0v) is 11.6. The van der Waals surface area contributed by atoms with E-state index in [0.29, 0.717) is 0 Å². The van der Waals surface area contributed by atoms with Crippen molar-refractivity contribution in [3.63, 3.8) is 0 Å². The molecule has 19 heavy (non-hydrogen) atoms. The van der Waals surface area contributed by atoms with E-state index >= 15 is 0 Å². The Bertz CT molecular complexity index is 468. The van der Waals surface area contributed by atoms with Crippen LogP contribution in [0.25, 0.3) is 0 Å². The molecule has 4 nitrogen and oxygen atoms in total. The third-order valence-electron chi connectivity index (χ3n) is 3.47. The highest BCUT2D eigenvalue weighted by atomic mass is 16.2. The molecule has 0 spiro atoms. The molecular formula is C15H21N3O. The minimum atomic E-state index is 0.159. The number of pyridine rings is 1. The van der Waals surface area contributed by atoms with Gasteiger partial charge in [0.2, 0.25) is 5.91 Å². The number of aromatic nitrogens is 1. The lowest BCUT2D eigenvalue weighted by molar-refractivity contribution is -0.128. The summed E-state index contributed by atoms with van der Waals surface area (Å²) in [7, 11) is 0. The highest BCUT2D eigenvalue weighted by Crippen LogP contribution is 2.15. The molecule has 2 heterocycles. The summed E-state index contributed by atoms with van der Waals surface area (Å²) in [5.41, 5.74) is 3.66. The fourth-order valence-electron chi connectivity index (χ4n) is 2.32. The Morgan fingerprint density at radius 3 is 2.95 bits per heavy atom. The van der Waals surface area contributed by atoms with Crippen LogP contribution in [0, 0.1) is 0 Å². The Balaban J connectivity index is 1.83. The van der Waals surface area contributed by atoms with Crippen molar-refractivity contribution in [1.29, 1.82) is 0 Å². The summed E-state index contributed by atoms with van der Waals surface area (Å²) >= 11 is 0. The Labute approximate surface area is 114 Å². The summed E-state index contributed by atoms with van der Waals surface area (Å²) in [4.78, 5) is 17.5. The van der Waals surface area contributed by atoms with Crippen LogP contribution in [0.5, 0.6) is 0 Å². The molecule has 1 N–H and O–H groups in total. The zero-order valence-electron chi connectivity index (χ0n) is 11.6. The van der Waals surface area contributed by atoms with Crippen LogP contribution in [-0.2, 0) is 11.2 Å². The number of hydrogen-bond donors (Lipinski definition) is 1. The first-order chi connectivity index (χ1) is 9.16. The van der Waals surface area contributed by atoms with Crippen LogP contribution in [0.2, 0.25) is 0 Å². The molecule has 0 radical (unpaired) electrons. The van der Waals surface area contributed by atoms with Gasteiger partial charge in [0.1, 0.15) is 0 Å². The molecule has 1 aromatic heterocycles. The Hall–Kier alpha value is -1.84. The number of nitrogens with one attached hydrogen (secondary N) is 1. The molecule has 1 amide bonds. The monoisotopic (exact) mass is 259 g/mol. The molecule has 0 aliphatic carbocycles. The second kappa shape index (κ2) is 6.36. The van der Waals surface area contributed by atoms with E-state index in [1.165, 1.54) is 11.3 Å². The van der Waals surface area contributed by atoms with Crippen molar-refractivity contribution in [2.45, 2.75) is 26.7 Å². The van der Waals surface area contributed by atoms with Crippen molar-refractivity contribution in [3.05, 3.63) is 41.4 Å². The lowest BCUT2D eigenvalue weighted by atomic mass is 10.1. The van der Waals surface area contributed by atoms with Crippen LogP contribution in [0.15, 0.2) is 35.7 Å². The predicted octanol–water partition coefficient (Wildman–Crippen LogP) is 1.74. The molecule has 0 fully saturated rings.